The third-order valence-electron chi connectivity index (χ3n) is 4.61. The monoisotopic (exact) mass is 342 g/mol. The summed E-state index contributed by atoms with van der Waals surface area (Å²) in [4.78, 5) is 14.8. The van der Waals surface area contributed by atoms with Crippen molar-refractivity contribution in [2.24, 2.45) is 0 Å². The van der Waals surface area contributed by atoms with E-state index in [1.807, 2.05) is 41.9 Å². The summed E-state index contributed by atoms with van der Waals surface area (Å²) in [7, 11) is 1.65. The summed E-state index contributed by atoms with van der Waals surface area (Å²) in [5.74, 6) is 0.701. The van der Waals surface area contributed by atoms with E-state index in [9.17, 15) is 4.79 Å². The number of hydrogen-bond donors (Lipinski definition) is 1. The zero-order valence-electron chi connectivity index (χ0n) is 15.0. The van der Waals surface area contributed by atoms with Crippen LogP contribution in [0.4, 0.5) is 0 Å². The number of nitrogens with one attached hydrogen (secondary N) is 1. The first-order valence-electron chi connectivity index (χ1n) is 8.94. The molecule has 0 bridgehead atoms. The number of aryl methyl sites for hydroxylation is 1. The second-order valence-corrected chi connectivity index (χ2v) is 6.26. The molecular formula is C19H26N4O2. The summed E-state index contributed by atoms with van der Waals surface area (Å²) in [5.41, 5.74) is 2.43. The lowest BCUT2D eigenvalue weighted by atomic mass is 10.1. The molecule has 2 heterocycles. The van der Waals surface area contributed by atoms with Gasteiger partial charge >= 0.3 is 0 Å². The van der Waals surface area contributed by atoms with Crippen molar-refractivity contribution >= 4 is 5.91 Å². The van der Waals surface area contributed by atoms with Gasteiger partial charge in [0.15, 0.2) is 5.69 Å². The molecule has 0 spiro atoms. The molecule has 1 aromatic heterocycles. The van der Waals surface area contributed by atoms with Crippen LogP contribution in [-0.2, 0) is 6.54 Å². The summed E-state index contributed by atoms with van der Waals surface area (Å²) in [6.45, 7) is 6.59. The molecule has 6 heteroatoms. The summed E-state index contributed by atoms with van der Waals surface area (Å²) in [5, 5.41) is 7.44. The van der Waals surface area contributed by atoms with E-state index in [1.54, 1.807) is 7.11 Å². The number of rotatable bonds is 7. The van der Waals surface area contributed by atoms with Gasteiger partial charge in [-0.1, -0.05) is 0 Å². The van der Waals surface area contributed by atoms with Crippen LogP contribution in [0.15, 0.2) is 30.3 Å². The summed E-state index contributed by atoms with van der Waals surface area (Å²) < 4.78 is 7.06. The fourth-order valence-electron chi connectivity index (χ4n) is 3.19. The molecule has 2 aromatic rings. The lowest BCUT2D eigenvalue weighted by Crippen LogP contribution is -2.33. The minimum Gasteiger partial charge on any atom is -0.497 e. The molecule has 1 N–H and O–H groups in total. The summed E-state index contributed by atoms with van der Waals surface area (Å²) >= 11 is 0. The highest BCUT2D eigenvalue weighted by molar-refractivity contribution is 5.93. The normalized spacial score (nSPS) is 14.6. The van der Waals surface area contributed by atoms with Crippen molar-refractivity contribution in [3.63, 3.8) is 0 Å². The lowest BCUT2D eigenvalue weighted by molar-refractivity contribution is 0.0944. The number of nitrogens with zero attached hydrogens (tertiary/aromatic N) is 3. The molecular weight excluding hydrogens is 316 g/mol. The van der Waals surface area contributed by atoms with E-state index in [4.69, 9.17) is 4.74 Å². The largest absolute Gasteiger partial charge is 0.497 e. The number of carbonyl (C=O) groups is 1. The Morgan fingerprint density at radius 1 is 1.24 bits per heavy atom. The van der Waals surface area contributed by atoms with Crippen molar-refractivity contribution in [2.75, 3.05) is 33.3 Å². The van der Waals surface area contributed by atoms with Gasteiger partial charge in [-0.2, -0.15) is 5.10 Å². The van der Waals surface area contributed by atoms with Gasteiger partial charge in [-0.3, -0.25) is 9.48 Å². The lowest BCUT2D eigenvalue weighted by Gasteiger charge is -2.14. The minimum atomic E-state index is -0.110. The highest BCUT2D eigenvalue weighted by Crippen LogP contribution is 2.23. The van der Waals surface area contributed by atoms with E-state index in [0.29, 0.717) is 18.8 Å². The highest BCUT2D eigenvalue weighted by atomic mass is 16.5. The second-order valence-electron chi connectivity index (χ2n) is 6.26. The van der Waals surface area contributed by atoms with Crippen molar-refractivity contribution in [1.82, 2.24) is 20.0 Å². The Hall–Kier alpha value is -2.34. The van der Waals surface area contributed by atoms with Crippen LogP contribution < -0.4 is 10.1 Å². The van der Waals surface area contributed by atoms with Crippen LogP contribution >= 0.6 is 0 Å². The van der Waals surface area contributed by atoms with E-state index in [-0.39, 0.29) is 5.91 Å². The first-order chi connectivity index (χ1) is 12.2. The number of ether oxygens (including phenoxy) is 1. The van der Waals surface area contributed by atoms with Crippen LogP contribution in [0, 0.1) is 0 Å². The number of methoxy groups -OCH3 is 1. The van der Waals surface area contributed by atoms with Crippen LogP contribution in [0.1, 0.15) is 30.3 Å². The highest BCUT2D eigenvalue weighted by Gasteiger charge is 2.16. The SMILES string of the molecule is CCn1nc(C(=O)NCCN2CCCC2)cc1-c1ccc(OC)cc1. The van der Waals surface area contributed by atoms with Crippen molar-refractivity contribution in [3.05, 3.63) is 36.0 Å². The van der Waals surface area contributed by atoms with E-state index < -0.39 is 0 Å². The van der Waals surface area contributed by atoms with Gasteiger partial charge in [-0.25, -0.2) is 0 Å². The third kappa shape index (κ3) is 4.20. The van der Waals surface area contributed by atoms with Gasteiger partial charge in [-0.15, -0.1) is 0 Å². The quantitative estimate of drug-likeness (QED) is 0.839. The van der Waals surface area contributed by atoms with E-state index >= 15 is 0 Å². The smallest absolute Gasteiger partial charge is 0.271 e. The van der Waals surface area contributed by atoms with Gasteiger partial charge < -0.3 is 15.0 Å². The van der Waals surface area contributed by atoms with E-state index in [2.05, 4.69) is 15.3 Å². The van der Waals surface area contributed by atoms with Gasteiger partial charge in [0, 0.05) is 25.2 Å². The Balaban J connectivity index is 1.67. The summed E-state index contributed by atoms with van der Waals surface area (Å²) in [6.07, 6.45) is 2.53. The molecule has 1 aliphatic heterocycles. The molecule has 1 aromatic carbocycles. The van der Waals surface area contributed by atoms with Gasteiger partial charge in [-0.05, 0) is 63.2 Å². The molecule has 1 saturated heterocycles. The fourth-order valence-corrected chi connectivity index (χ4v) is 3.19. The minimum absolute atomic E-state index is 0.110. The van der Waals surface area contributed by atoms with E-state index in [0.717, 1.165) is 36.6 Å². The Labute approximate surface area is 148 Å². The summed E-state index contributed by atoms with van der Waals surface area (Å²) in [6, 6.07) is 9.65. The molecule has 1 amide bonds. The molecule has 0 radical (unpaired) electrons. The van der Waals surface area contributed by atoms with Crippen LogP contribution in [0.3, 0.4) is 0 Å². The zero-order valence-corrected chi connectivity index (χ0v) is 15.0. The average molecular weight is 342 g/mol. The third-order valence-corrected chi connectivity index (χ3v) is 4.61. The molecule has 25 heavy (non-hydrogen) atoms. The number of hydrogen-bond acceptors (Lipinski definition) is 4. The van der Waals surface area contributed by atoms with Crippen molar-refractivity contribution in [1.29, 1.82) is 0 Å². The van der Waals surface area contributed by atoms with Gasteiger partial charge in [0.05, 0.1) is 12.8 Å². The van der Waals surface area contributed by atoms with Crippen molar-refractivity contribution in [2.45, 2.75) is 26.3 Å². The van der Waals surface area contributed by atoms with Gasteiger partial charge in [0.1, 0.15) is 5.75 Å². The first-order valence-corrected chi connectivity index (χ1v) is 8.94. The van der Waals surface area contributed by atoms with Gasteiger partial charge in [0.2, 0.25) is 0 Å². The Bertz CT molecular complexity index is 703. The van der Waals surface area contributed by atoms with Crippen LogP contribution in [0.25, 0.3) is 11.3 Å². The molecule has 0 aliphatic carbocycles. The van der Waals surface area contributed by atoms with Gasteiger partial charge in [0.25, 0.3) is 5.91 Å². The Kier molecular flexibility index (Phi) is 5.71. The topological polar surface area (TPSA) is 59.4 Å². The van der Waals surface area contributed by atoms with Crippen molar-refractivity contribution < 1.29 is 9.53 Å². The molecule has 1 aliphatic rings. The Morgan fingerprint density at radius 2 is 1.96 bits per heavy atom. The van der Waals surface area contributed by atoms with Crippen molar-refractivity contribution in [3.8, 4) is 17.0 Å². The molecule has 3 rings (SSSR count). The molecule has 0 unspecified atom stereocenters. The number of carbonyl (C=O) groups excluding carboxylic acids is 1. The maximum absolute atomic E-state index is 12.4. The van der Waals surface area contributed by atoms with Crippen LogP contribution in [0.5, 0.6) is 5.75 Å². The standard InChI is InChI=1S/C19H26N4O2/c1-3-23-18(15-6-8-16(25-2)9-7-15)14-17(21-23)19(24)20-10-13-22-11-4-5-12-22/h6-9,14H,3-5,10-13H2,1-2H3,(H,20,24). The number of likely N-dealkylation sites (tertiary alicyclic amines) is 1. The zero-order chi connectivity index (χ0) is 17.6. The predicted molar refractivity (Wildman–Crippen MR) is 97.9 cm³/mol. The number of amides is 1. The molecule has 6 nitrogen and oxygen atoms in total. The predicted octanol–water partition coefficient (Wildman–Crippen LogP) is 2.40. The maximum Gasteiger partial charge on any atom is 0.271 e. The molecule has 0 atom stereocenters. The molecule has 134 valence electrons. The molecule has 0 saturated carbocycles. The average Bonchev–Trinajstić information content (AvgIpc) is 3.31. The fraction of sp³-hybridized carbons (Fsp3) is 0.474. The first kappa shape index (κ1) is 17.5. The second kappa shape index (κ2) is 8.16. The van der Waals surface area contributed by atoms with Crippen LogP contribution in [-0.4, -0.2) is 53.9 Å². The maximum atomic E-state index is 12.4. The number of benzene rings is 1. The van der Waals surface area contributed by atoms with E-state index in [1.165, 1.54) is 12.8 Å². The number of aromatic nitrogens is 2. The Morgan fingerprint density at radius 3 is 2.60 bits per heavy atom. The molecule has 1 fully saturated rings. The van der Waals surface area contributed by atoms with Crippen LogP contribution in [0.2, 0.25) is 0 Å².